The Morgan fingerprint density at radius 1 is 0.839 bits per heavy atom. The predicted molar refractivity (Wildman–Crippen MR) is 121 cm³/mol. The van der Waals surface area contributed by atoms with Gasteiger partial charge in [0, 0.05) is 18.7 Å². The van der Waals surface area contributed by atoms with Crippen LogP contribution in [-0.4, -0.2) is 24.3 Å². The van der Waals surface area contributed by atoms with Crippen molar-refractivity contribution in [2.75, 3.05) is 22.1 Å². The van der Waals surface area contributed by atoms with Gasteiger partial charge in [0.05, 0.1) is 27.9 Å². The van der Waals surface area contributed by atoms with E-state index in [1.807, 2.05) is 30.3 Å². The molecule has 6 nitrogen and oxygen atoms in total. The zero-order valence-electron chi connectivity index (χ0n) is 16.5. The summed E-state index contributed by atoms with van der Waals surface area (Å²) in [5, 5.41) is 5.99. The second-order valence-electron chi connectivity index (χ2n) is 7.21. The number of carbonyl (C=O) groups is 3. The Morgan fingerprint density at radius 2 is 1.48 bits per heavy atom. The summed E-state index contributed by atoms with van der Waals surface area (Å²) < 4.78 is 0. The standard InChI is InChI=1S/C24H20ClN3O3/c25-19-11-5-7-13-21(19)27-24(31)18-10-4-6-12-20(18)26-23(30)16-14-22(29)28(15-16)17-8-2-1-3-9-17/h1-13,16H,14-15H2,(H,26,30)(H,27,31). The first-order chi connectivity index (χ1) is 15.0. The van der Waals surface area contributed by atoms with Crippen molar-refractivity contribution in [3.05, 3.63) is 89.4 Å². The molecule has 1 atom stereocenters. The number of carbonyl (C=O) groups excluding carboxylic acids is 3. The van der Waals surface area contributed by atoms with Gasteiger partial charge in [0.15, 0.2) is 0 Å². The average molecular weight is 434 g/mol. The molecular formula is C24H20ClN3O3. The lowest BCUT2D eigenvalue weighted by atomic mass is 10.1. The first-order valence-corrected chi connectivity index (χ1v) is 10.2. The lowest BCUT2D eigenvalue weighted by Gasteiger charge is -2.17. The zero-order valence-corrected chi connectivity index (χ0v) is 17.3. The predicted octanol–water partition coefficient (Wildman–Crippen LogP) is 4.58. The molecule has 1 fully saturated rings. The molecule has 156 valence electrons. The summed E-state index contributed by atoms with van der Waals surface area (Å²) in [7, 11) is 0. The van der Waals surface area contributed by atoms with Crippen LogP contribution in [0.25, 0.3) is 0 Å². The molecule has 3 aromatic carbocycles. The first-order valence-electron chi connectivity index (χ1n) is 9.84. The van der Waals surface area contributed by atoms with E-state index in [9.17, 15) is 14.4 Å². The molecule has 1 saturated heterocycles. The zero-order chi connectivity index (χ0) is 21.8. The fraction of sp³-hybridized carbons (Fsp3) is 0.125. The van der Waals surface area contributed by atoms with Crippen molar-refractivity contribution in [1.29, 1.82) is 0 Å². The Morgan fingerprint density at radius 3 is 2.23 bits per heavy atom. The molecule has 2 N–H and O–H groups in total. The third kappa shape index (κ3) is 4.59. The number of halogens is 1. The molecule has 3 amide bonds. The van der Waals surface area contributed by atoms with E-state index in [2.05, 4.69) is 10.6 Å². The maximum Gasteiger partial charge on any atom is 0.257 e. The quantitative estimate of drug-likeness (QED) is 0.618. The van der Waals surface area contributed by atoms with E-state index >= 15 is 0 Å². The fourth-order valence-electron chi connectivity index (χ4n) is 3.52. The molecule has 1 unspecified atom stereocenters. The number of benzene rings is 3. The maximum absolute atomic E-state index is 12.9. The third-order valence-corrected chi connectivity index (χ3v) is 5.44. The van der Waals surface area contributed by atoms with Crippen LogP contribution in [0.2, 0.25) is 5.02 Å². The largest absolute Gasteiger partial charge is 0.325 e. The summed E-state index contributed by atoms with van der Waals surface area (Å²) in [6.07, 6.45) is 0.120. The molecule has 0 bridgehead atoms. The van der Waals surface area contributed by atoms with Crippen LogP contribution in [0.3, 0.4) is 0 Å². The Hall–Kier alpha value is -3.64. The molecule has 1 aliphatic rings. The molecule has 4 rings (SSSR count). The van der Waals surface area contributed by atoms with Gasteiger partial charge in [0.1, 0.15) is 0 Å². The number of hydrogen-bond donors (Lipinski definition) is 2. The van der Waals surface area contributed by atoms with Crippen molar-refractivity contribution in [2.24, 2.45) is 5.92 Å². The van der Waals surface area contributed by atoms with Gasteiger partial charge < -0.3 is 15.5 Å². The SMILES string of the molecule is O=C(Nc1ccccc1Cl)c1ccccc1NC(=O)C1CC(=O)N(c2ccccc2)C1. The van der Waals surface area contributed by atoms with Gasteiger partial charge in [-0.05, 0) is 36.4 Å². The van der Waals surface area contributed by atoms with Crippen molar-refractivity contribution in [1.82, 2.24) is 0 Å². The van der Waals surface area contributed by atoms with Gasteiger partial charge in [-0.2, -0.15) is 0 Å². The molecule has 0 radical (unpaired) electrons. The monoisotopic (exact) mass is 433 g/mol. The van der Waals surface area contributed by atoms with Gasteiger partial charge >= 0.3 is 0 Å². The van der Waals surface area contributed by atoms with Gasteiger partial charge in [-0.25, -0.2) is 0 Å². The van der Waals surface area contributed by atoms with Crippen LogP contribution in [0.4, 0.5) is 17.1 Å². The molecular weight excluding hydrogens is 414 g/mol. The Kier molecular flexibility index (Phi) is 6.00. The van der Waals surface area contributed by atoms with Crippen LogP contribution in [0, 0.1) is 5.92 Å². The molecule has 1 heterocycles. The van der Waals surface area contributed by atoms with E-state index in [4.69, 9.17) is 11.6 Å². The van der Waals surface area contributed by atoms with Gasteiger partial charge in [0.2, 0.25) is 11.8 Å². The number of nitrogens with zero attached hydrogens (tertiary/aromatic N) is 1. The Balaban J connectivity index is 1.48. The van der Waals surface area contributed by atoms with E-state index in [0.717, 1.165) is 5.69 Å². The highest BCUT2D eigenvalue weighted by atomic mass is 35.5. The summed E-state index contributed by atoms with van der Waals surface area (Å²) in [5.41, 5.74) is 1.93. The number of amides is 3. The normalized spacial score (nSPS) is 15.6. The maximum atomic E-state index is 12.9. The molecule has 31 heavy (non-hydrogen) atoms. The molecule has 0 spiro atoms. The minimum absolute atomic E-state index is 0.101. The Labute approximate surface area is 184 Å². The summed E-state index contributed by atoms with van der Waals surface area (Å²) in [6.45, 7) is 0.294. The van der Waals surface area contributed by atoms with Gasteiger partial charge in [-0.15, -0.1) is 0 Å². The van der Waals surface area contributed by atoms with E-state index in [1.165, 1.54) is 0 Å². The number of para-hydroxylation sites is 3. The van der Waals surface area contributed by atoms with Crippen molar-refractivity contribution >= 4 is 46.4 Å². The van der Waals surface area contributed by atoms with Gasteiger partial charge in [-0.3, -0.25) is 14.4 Å². The molecule has 0 aromatic heterocycles. The van der Waals surface area contributed by atoms with Gasteiger partial charge in [-0.1, -0.05) is 54.1 Å². The second-order valence-corrected chi connectivity index (χ2v) is 7.62. The van der Waals surface area contributed by atoms with Crippen molar-refractivity contribution < 1.29 is 14.4 Å². The smallest absolute Gasteiger partial charge is 0.257 e. The fourth-order valence-corrected chi connectivity index (χ4v) is 3.70. The van der Waals surface area contributed by atoms with Crippen molar-refractivity contribution in [3.8, 4) is 0 Å². The van der Waals surface area contributed by atoms with Crippen LogP contribution < -0.4 is 15.5 Å². The highest BCUT2D eigenvalue weighted by Crippen LogP contribution is 2.27. The highest BCUT2D eigenvalue weighted by Gasteiger charge is 2.35. The second kappa shape index (κ2) is 9.02. The average Bonchev–Trinajstić information content (AvgIpc) is 3.18. The van der Waals surface area contributed by atoms with Crippen molar-refractivity contribution in [2.45, 2.75) is 6.42 Å². The van der Waals surface area contributed by atoms with Crippen LogP contribution in [0.5, 0.6) is 0 Å². The third-order valence-electron chi connectivity index (χ3n) is 5.12. The van der Waals surface area contributed by atoms with E-state index in [0.29, 0.717) is 28.5 Å². The van der Waals surface area contributed by atoms with Crippen LogP contribution >= 0.6 is 11.6 Å². The van der Waals surface area contributed by atoms with Crippen LogP contribution in [-0.2, 0) is 9.59 Å². The highest BCUT2D eigenvalue weighted by molar-refractivity contribution is 6.34. The van der Waals surface area contributed by atoms with E-state index < -0.39 is 11.8 Å². The summed E-state index contributed by atoms with van der Waals surface area (Å²) in [5.74, 6) is -1.30. The van der Waals surface area contributed by atoms with E-state index in [-0.39, 0.29) is 18.2 Å². The summed E-state index contributed by atoms with van der Waals surface area (Å²) in [4.78, 5) is 39.7. The lowest BCUT2D eigenvalue weighted by molar-refractivity contribution is -0.122. The number of nitrogens with one attached hydrogen (secondary N) is 2. The molecule has 0 aliphatic carbocycles. The molecule has 7 heteroatoms. The van der Waals surface area contributed by atoms with Crippen molar-refractivity contribution in [3.63, 3.8) is 0 Å². The topological polar surface area (TPSA) is 78.5 Å². The number of rotatable bonds is 5. The molecule has 1 aliphatic heterocycles. The lowest BCUT2D eigenvalue weighted by Crippen LogP contribution is -2.28. The minimum atomic E-state index is -0.507. The molecule has 0 saturated carbocycles. The van der Waals surface area contributed by atoms with E-state index in [1.54, 1.807) is 53.4 Å². The van der Waals surface area contributed by atoms with Crippen LogP contribution in [0.1, 0.15) is 16.8 Å². The minimum Gasteiger partial charge on any atom is -0.325 e. The Bertz CT molecular complexity index is 1130. The summed E-state index contributed by atoms with van der Waals surface area (Å²) in [6, 6.07) is 22.9. The summed E-state index contributed by atoms with van der Waals surface area (Å²) >= 11 is 6.12. The van der Waals surface area contributed by atoms with Gasteiger partial charge in [0.25, 0.3) is 5.91 Å². The van der Waals surface area contributed by atoms with Crippen LogP contribution in [0.15, 0.2) is 78.9 Å². The first kappa shape index (κ1) is 20.6. The molecule has 3 aromatic rings. The number of anilines is 3. The number of hydrogen-bond acceptors (Lipinski definition) is 3.